The number of hydrogen-bond donors (Lipinski definition) is 2. The molecule has 1 aliphatic heterocycles. The standard InChI is InChI=1S/C22H43N2O/c1-3-5-6-7-8-9-10-11-12-13-14-15-16-17-22-23-18-19-24(22,4-2)20-21-25/h3,18-19,22-23,25H,1,4-17,20-21H2,2H3/q+1. The number of rotatable bonds is 17. The zero-order valence-electron chi connectivity index (χ0n) is 16.7. The van der Waals surface area contributed by atoms with Crippen LogP contribution in [0, 0.1) is 0 Å². The summed E-state index contributed by atoms with van der Waals surface area (Å²) in [5.74, 6) is 0. The number of hydrogen-bond acceptors (Lipinski definition) is 2. The zero-order valence-corrected chi connectivity index (χ0v) is 16.7. The average molecular weight is 352 g/mol. The van der Waals surface area contributed by atoms with Crippen molar-refractivity contribution in [3.05, 3.63) is 25.1 Å². The van der Waals surface area contributed by atoms with Crippen LogP contribution in [0.25, 0.3) is 0 Å². The Morgan fingerprint density at radius 3 is 2.04 bits per heavy atom. The van der Waals surface area contributed by atoms with Gasteiger partial charge < -0.3 is 10.4 Å². The van der Waals surface area contributed by atoms with Crippen LogP contribution < -0.4 is 5.32 Å². The van der Waals surface area contributed by atoms with Crippen molar-refractivity contribution in [3.8, 4) is 0 Å². The van der Waals surface area contributed by atoms with E-state index in [1.807, 2.05) is 6.08 Å². The molecule has 3 heteroatoms. The van der Waals surface area contributed by atoms with E-state index in [0.29, 0.717) is 6.17 Å². The first-order chi connectivity index (χ1) is 12.3. The molecule has 3 nitrogen and oxygen atoms in total. The number of unbranched alkanes of at least 4 members (excludes halogenated alkanes) is 11. The minimum Gasteiger partial charge on any atom is -0.390 e. The molecule has 2 atom stereocenters. The molecule has 0 spiro atoms. The predicted octanol–water partition coefficient (Wildman–Crippen LogP) is 5.47. The topological polar surface area (TPSA) is 32.3 Å². The third-order valence-corrected chi connectivity index (χ3v) is 5.77. The van der Waals surface area contributed by atoms with Crippen LogP contribution in [-0.4, -0.2) is 35.5 Å². The Balaban J connectivity index is 1.93. The smallest absolute Gasteiger partial charge is 0.166 e. The van der Waals surface area contributed by atoms with E-state index in [9.17, 15) is 5.11 Å². The summed E-state index contributed by atoms with van der Waals surface area (Å²) in [5, 5.41) is 12.8. The molecule has 0 aromatic rings. The molecule has 1 heterocycles. The minimum atomic E-state index is 0.268. The molecule has 0 aliphatic carbocycles. The molecule has 1 aliphatic rings. The van der Waals surface area contributed by atoms with Gasteiger partial charge >= 0.3 is 0 Å². The van der Waals surface area contributed by atoms with Crippen LogP contribution in [0.1, 0.15) is 90.4 Å². The van der Waals surface area contributed by atoms with Crippen molar-refractivity contribution in [3.63, 3.8) is 0 Å². The Kier molecular flexibility index (Phi) is 12.8. The van der Waals surface area contributed by atoms with Crippen LogP contribution in [0.15, 0.2) is 25.1 Å². The van der Waals surface area contributed by atoms with Crippen molar-refractivity contribution in [2.45, 2.75) is 96.6 Å². The maximum atomic E-state index is 9.34. The number of nitrogens with one attached hydrogen (secondary N) is 1. The van der Waals surface area contributed by atoms with Crippen molar-refractivity contribution in [2.24, 2.45) is 0 Å². The van der Waals surface area contributed by atoms with Gasteiger partial charge in [0.1, 0.15) is 12.7 Å². The Morgan fingerprint density at radius 2 is 1.52 bits per heavy atom. The Hall–Kier alpha value is -0.800. The van der Waals surface area contributed by atoms with E-state index in [1.165, 1.54) is 83.5 Å². The van der Waals surface area contributed by atoms with Gasteiger partial charge in [-0.25, -0.2) is 0 Å². The summed E-state index contributed by atoms with van der Waals surface area (Å²) >= 11 is 0. The van der Waals surface area contributed by atoms with Gasteiger partial charge in [0.2, 0.25) is 0 Å². The van der Waals surface area contributed by atoms with Crippen molar-refractivity contribution in [1.82, 2.24) is 5.32 Å². The molecule has 0 aromatic carbocycles. The average Bonchev–Trinajstić information content (AvgIpc) is 3.02. The van der Waals surface area contributed by atoms with E-state index in [1.54, 1.807) is 0 Å². The van der Waals surface area contributed by atoms with Crippen molar-refractivity contribution in [1.29, 1.82) is 0 Å². The monoisotopic (exact) mass is 351 g/mol. The Labute approximate surface area is 156 Å². The van der Waals surface area contributed by atoms with Gasteiger partial charge in [-0.1, -0.05) is 63.9 Å². The zero-order chi connectivity index (χ0) is 18.2. The van der Waals surface area contributed by atoms with Crippen LogP contribution >= 0.6 is 0 Å². The summed E-state index contributed by atoms with van der Waals surface area (Å²) in [6.45, 7) is 8.15. The molecule has 1 rings (SSSR count). The first-order valence-corrected chi connectivity index (χ1v) is 10.8. The van der Waals surface area contributed by atoms with E-state index in [2.05, 4.69) is 31.2 Å². The molecule has 0 bridgehead atoms. The third-order valence-electron chi connectivity index (χ3n) is 5.77. The Bertz CT molecular complexity index is 356. The van der Waals surface area contributed by atoms with Gasteiger partial charge in [-0.05, 0) is 26.2 Å². The molecular weight excluding hydrogens is 308 g/mol. The highest BCUT2D eigenvalue weighted by molar-refractivity contribution is 4.84. The van der Waals surface area contributed by atoms with E-state index < -0.39 is 0 Å². The van der Waals surface area contributed by atoms with Gasteiger partial charge in [0.25, 0.3) is 0 Å². The lowest BCUT2D eigenvalue weighted by atomic mass is 10.0. The van der Waals surface area contributed by atoms with Crippen LogP contribution in [0.5, 0.6) is 0 Å². The molecule has 146 valence electrons. The van der Waals surface area contributed by atoms with Crippen LogP contribution in [-0.2, 0) is 0 Å². The third kappa shape index (κ3) is 8.91. The van der Waals surface area contributed by atoms with Gasteiger partial charge in [-0.15, -0.1) is 6.58 Å². The molecular formula is C22H43N2O+. The molecule has 0 amide bonds. The van der Waals surface area contributed by atoms with E-state index >= 15 is 0 Å². The van der Waals surface area contributed by atoms with Crippen LogP contribution in [0.2, 0.25) is 0 Å². The predicted molar refractivity (Wildman–Crippen MR) is 109 cm³/mol. The molecule has 0 saturated heterocycles. The SMILES string of the molecule is C=CCCCCCCCCCCCCCC1NC=C[N+]1(CC)CCO. The normalized spacial score (nSPS) is 22.2. The number of nitrogens with zero attached hydrogens (tertiary/aromatic N) is 1. The van der Waals surface area contributed by atoms with Crippen molar-refractivity contribution in [2.75, 3.05) is 19.7 Å². The van der Waals surface area contributed by atoms with Crippen LogP contribution in [0.4, 0.5) is 0 Å². The van der Waals surface area contributed by atoms with Crippen molar-refractivity contribution < 1.29 is 9.59 Å². The van der Waals surface area contributed by atoms with Gasteiger partial charge in [0, 0.05) is 6.42 Å². The van der Waals surface area contributed by atoms with Crippen LogP contribution in [0.3, 0.4) is 0 Å². The van der Waals surface area contributed by atoms with Gasteiger partial charge in [0.15, 0.2) is 6.17 Å². The molecule has 2 unspecified atom stereocenters. The first kappa shape index (κ1) is 22.2. The highest BCUT2D eigenvalue weighted by Gasteiger charge is 2.35. The van der Waals surface area contributed by atoms with Crippen molar-refractivity contribution >= 4 is 0 Å². The van der Waals surface area contributed by atoms with E-state index in [0.717, 1.165) is 17.6 Å². The fourth-order valence-corrected chi connectivity index (χ4v) is 4.01. The highest BCUT2D eigenvalue weighted by atomic mass is 16.3. The summed E-state index contributed by atoms with van der Waals surface area (Å²) in [4.78, 5) is 0. The van der Waals surface area contributed by atoms with E-state index in [4.69, 9.17) is 0 Å². The summed E-state index contributed by atoms with van der Waals surface area (Å²) in [7, 11) is 0. The number of aliphatic hydroxyl groups excluding tert-OH is 1. The summed E-state index contributed by atoms with van der Waals surface area (Å²) in [6, 6.07) is 0. The summed E-state index contributed by atoms with van der Waals surface area (Å²) < 4.78 is 0.906. The van der Waals surface area contributed by atoms with Gasteiger partial charge in [-0.3, -0.25) is 4.48 Å². The second kappa shape index (κ2) is 14.4. The summed E-state index contributed by atoms with van der Waals surface area (Å²) in [6.07, 6.45) is 24.4. The molecule has 0 radical (unpaired) electrons. The minimum absolute atomic E-state index is 0.268. The number of likely N-dealkylation sites (N-methyl/N-ethyl adjacent to an activating group) is 1. The lowest BCUT2D eigenvalue weighted by molar-refractivity contribution is -0.900. The maximum absolute atomic E-state index is 9.34. The molecule has 0 fully saturated rings. The molecule has 25 heavy (non-hydrogen) atoms. The Morgan fingerprint density at radius 1 is 0.960 bits per heavy atom. The second-order valence-corrected chi connectivity index (χ2v) is 7.62. The maximum Gasteiger partial charge on any atom is 0.166 e. The fraction of sp³-hybridized carbons (Fsp3) is 0.818. The lowest BCUT2D eigenvalue weighted by Crippen LogP contribution is -2.54. The second-order valence-electron chi connectivity index (χ2n) is 7.62. The largest absolute Gasteiger partial charge is 0.390 e. The highest BCUT2D eigenvalue weighted by Crippen LogP contribution is 2.23. The fourth-order valence-electron chi connectivity index (χ4n) is 4.01. The number of quaternary nitrogens is 1. The number of allylic oxidation sites excluding steroid dienone is 1. The molecule has 0 aromatic heterocycles. The number of aliphatic hydroxyl groups is 1. The summed E-state index contributed by atoms with van der Waals surface area (Å²) in [5.41, 5.74) is 0. The molecule has 2 N–H and O–H groups in total. The first-order valence-electron chi connectivity index (χ1n) is 10.8. The van der Waals surface area contributed by atoms with Gasteiger partial charge in [0.05, 0.1) is 19.4 Å². The quantitative estimate of drug-likeness (QED) is 0.207. The molecule has 0 saturated carbocycles. The van der Waals surface area contributed by atoms with Gasteiger partial charge in [-0.2, -0.15) is 0 Å². The lowest BCUT2D eigenvalue weighted by Gasteiger charge is -2.36. The van der Waals surface area contributed by atoms with E-state index in [-0.39, 0.29) is 6.61 Å².